The lowest BCUT2D eigenvalue weighted by atomic mass is 9.79. The molecule has 0 spiro atoms. The van der Waals surface area contributed by atoms with E-state index in [-0.39, 0.29) is 62.2 Å². The van der Waals surface area contributed by atoms with Crippen molar-refractivity contribution in [1.82, 2.24) is 14.5 Å². The van der Waals surface area contributed by atoms with Gasteiger partial charge in [-0.05, 0) is 52.7 Å². The number of phenols is 1. The Bertz CT molecular complexity index is 969. The summed E-state index contributed by atoms with van der Waals surface area (Å²) in [6.07, 6.45) is 0.381. The summed E-state index contributed by atoms with van der Waals surface area (Å²) in [5.74, 6) is 0.209. The van der Waals surface area contributed by atoms with E-state index in [1.54, 1.807) is 12.2 Å². The molecule has 1 fully saturated rings. The molecule has 2 rings (SSSR count). The van der Waals surface area contributed by atoms with Gasteiger partial charge in [-0.2, -0.15) is 13.2 Å². The first-order chi connectivity index (χ1) is 16.5. The predicted molar refractivity (Wildman–Crippen MR) is 134 cm³/mol. The summed E-state index contributed by atoms with van der Waals surface area (Å²) in [6.45, 7) is 8.64. The molecule has 36 heavy (non-hydrogen) atoms. The largest absolute Gasteiger partial charge is 0.507 e. The fourth-order valence-corrected chi connectivity index (χ4v) is 4.63. The fraction of sp³-hybridized carbons (Fsp3) is 0.565. The lowest BCUT2D eigenvalue weighted by Crippen LogP contribution is -2.61. The average molecular weight is 536 g/mol. The van der Waals surface area contributed by atoms with Gasteiger partial charge in [0.2, 0.25) is 0 Å². The smallest absolute Gasteiger partial charge is 0.471 e. The molecule has 0 unspecified atom stereocenters. The summed E-state index contributed by atoms with van der Waals surface area (Å²) in [5, 5.41) is 14.1. The molecule has 13 heteroatoms. The van der Waals surface area contributed by atoms with Crippen LogP contribution in [-0.2, 0) is 4.33 Å². The molecule has 0 aliphatic carbocycles. The van der Waals surface area contributed by atoms with Crippen molar-refractivity contribution in [2.75, 3.05) is 21.2 Å². The van der Waals surface area contributed by atoms with Gasteiger partial charge in [-0.1, -0.05) is 4.33 Å². The highest BCUT2D eigenvalue weighted by Gasteiger charge is 2.39. The zero-order valence-corrected chi connectivity index (χ0v) is 22.4. The second kappa shape index (κ2) is 11.3. The number of halogens is 3. The van der Waals surface area contributed by atoms with E-state index in [2.05, 4.69) is 37.3 Å². The number of aromatic hydroxyl groups is 1. The minimum absolute atomic E-state index is 0.0524. The van der Waals surface area contributed by atoms with Crippen molar-refractivity contribution in [2.24, 2.45) is 11.5 Å². The number of nitrogens with one attached hydrogen (secondary N) is 1. The van der Waals surface area contributed by atoms with Crippen molar-refractivity contribution >= 4 is 17.9 Å². The topological polar surface area (TPSA) is 118 Å². The molecule has 0 aromatic heterocycles. The van der Waals surface area contributed by atoms with Gasteiger partial charge in [-0.25, -0.2) is 0 Å². The van der Waals surface area contributed by atoms with E-state index < -0.39 is 6.30 Å². The van der Waals surface area contributed by atoms with E-state index in [1.165, 1.54) is 13.2 Å². The van der Waals surface area contributed by atoms with Crippen LogP contribution in [0.3, 0.4) is 0 Å². The normalized spacial score (nSPS) is 18.9. The number of hydrogen-bond donors (Lipinski definition) is 4. The lowest BCUT2D eigenvalue weighted by Gasteiger charge is -2.49. The minimum Gasteiger partial charge on any atom is -0.507 e. The van der Waals surface area contributed by atoms with Gasteiger partial charge in [0.1, 0.15) is 23.7 Å². The Labute approximate surface area is 214 Å². The number of hydrogen-bond acceptors (Lipinski definition) is 10. The number of rotatable bonds is 9. The third kappa shape index (κ3) is 8.02. The van der Waals surface area contributed by atoms with Crippen LogP contribution < -0.4 is 26.4 Å². The zero-order chi connectivity index (χ0) is 27.5. The summed E-state index contributed by atoms with van der Waals surface area (Å²) in [5.41, 5.74) is 12.8. The molecule has 9 nitrogen and oxygen atoms in total. The predicted octanol–water partition coefficient (Wildman–Crippen LogP) is 4.07. The van der Waals surface area contributed by atoms with Gasteiger partial charge in [-0.3, -0.25) is 0 Å². The molecule has 0 saturated carbocycles. The summed E-state index contributed by atoms with van der Waals surface area (Å²) in [7, 11) is 4.04. The van der Waals surface area contributed by atoms with Gasteiger partial charge in [0, 0.05) is 49.0 Å². The third-order valence-electron chi connectivity index (χ3n) is 5.75. The van der Waals surface area contributed by atoms with Crippen molar-refractivity contribution < 1.29 is 32.2 Å². The quantitative estimate of drug-likeness (QED) is 0.0920. The van der Waals surface area contributed by atoms with Crippen LogP contribution in [0.2, 0.25) is 0 Å². The zero-order valence-electron chi connectivity index (χ0n) is 21.6. The number of methoxy groups -OCH3 is 1. The van der Waals surface area contributed by atoms with Crippen LogP contribution in [0.1, 0.15) is 46.1 Å². The number of ether oxygens (including phenoxy) is 1. The van der Waals surface area contributed by atoms with E-state index >= 15 is 0 Å². The highest BCUT2D eigenvalue weighted by Crippen LogP contribution is 2.38. The number of alkyl halides is 3. The van der Waals surface area contributed by atoms with Crippen LogP contribution in [0.4, 0.5) is 13.2 Å². The minimum atomic E-state index is -4.61. The summed E-state index contributed by atoms with van der Waals surface area (Å²) < 4.78 is 47.3. The number of phenolic OH excluding ortho intramolecular Hbond substituents is 1. The highest BCUT2D eigenvalue weighted by molar-refractivity contribution is 7.92. The fourth-order valence-electron chi connectivity index (χ4n) is 4.35. The van der Waals surface area contributed by atoms with E-state index in [0.29, 0.717) is 5.82 Å². The van der Waals surface area contributed by atoms with Gasteiger partial charge in [0.15, 0.2) is 5.75 Å². The van der Waals surface area contributed by atoms with E-state index in [9.17, 15) is 18.3 Å². The molecule has 0 radical (unpaired) electrons. The van der Waals surface area contributed by atoms with Crippen LogP contribution in [0, 0.1) is 0 Å². The SMILES string of the molecule is COc1cc(OOSN(C)C(F)(F)F)cc(O)c1/C(N)=C/C=C(\N)N(C)C1CC(C)(C)NC(C)(C)C1. The molecular formula is C23H36F3N5O4S. The number of benzene rings is 1. The van der Waals surface area contributed by atoms with Crippen molar-refractivity contribution in [3.63, 3.8) is 0 Å². The van der Waals surface area contributed by atoms with Crippen LogP contribution in [0.15, 0.2) is 30.1 Å². The molecule has 1 aliphatic rings. The number of nitrogens with zero attached hydrogens (tertiary/aromatic N) is 2. The van der Waals surface area contributed by atoms with Crippen molar-refractivity contribution in [3.8, 4) is 17.2 Å². The maximum atomic E-state index is 12.5. The van der Waals surface area contributed by atoms with Gasteiger partial charge < -0.3 is 36.4 Å². The number of allylic oxidation sites excluding steroid dienone is 2. The van der Waals surface area contributed by atoms with Gasteiger partial charge in [-0.15, -0.1) is 4.31 Å². The number of nitrogens with two attached hydrogens (primary N) is 2. The molecule has 0 amide bonds. The second-order valence-electron chi connectivity index (χ2n) is 9.99. The Morgan fingerprint density at radius 1 is 1.14 bits per heavy atom. The monoisotopic (exact) mass is 535 g/mol. The first-order valence-corrected chi connectivity index (χ1v) is 11.8. The van der Waals surface area contributed by atoms with Crippen LogP contribution in [0.5, 0.6) is 17.2 Å². The van der Waals surface area contributed by atoms with Gasteiger partial charge in [0.25, 0.3) is 0 Å². The molecule has 1 aliphatic heterocycles. The van der Waals surface area contributed by atoms with Crippen LogP contribution in [0.25, 0.3) is 5.70 Å². The molecule has 1 saturated heterocycles. The Kier molecular flexibility index (Phi) is 9.32. The summed E-state index contributed by atoms with van der Waals surface area (Å²) in [6, 6.07) is 2.67. The lowest BCUT2D eigenvalue weighted by molar-refractivity contribution is -0.206. The van der Waals surface area contributed by atoms with E-state index in [0.717, 1.165) is 26.0 Å². The number of piperidine rings is 1. The second-order valence-corrected chi connectivity index (χ2v) is 10.8. The first kappa shape index (κ1) is 29.7. The van der Waals surface area contributed by atoms with Gasteiger partial charge >= 0.3 is 6.30 Å². The highest BCUT2D eigenvalue weighted by atomic mass is 32.2. The van der Waals surface area contributed by atoms with E-state index in [4.69, 9.17) is 21.1 Å². The molecule has 1 aromatic rings. The van der Waals surface area contributed by atoms with Gasteiger partial charge in [0.05, 0.1) is 18.5 Å². The molecule has 6 N–H and O–H groups in total. The van der Waals surface area contributed by atoms with Crippen molar-refractivity contribution in [1.29, 1.82) is 0 Å². The van der Waals surface area contributed by atoms with E-state index in [1.807, 2.05) is 11.9 Å². The molecule has 0 atom stereocenters. The Morgan fingerprint density at radius 3 is 2.25 bits per heavy atom. The summed E-state index contributed by atoms with van der Waals surface area (Å²) >= 11 is -0.0694. The van der Waals surface area contributed by atoms with Crippen molar-refractivity contribution in [3.05, 3.63) is 35.7 Å². The van der Waals surface area contributed by atoms with Crippen molar-refractivity contribution in [2.45, 2.75) is 64.0 Å². The molecule has 1 aromatic carbocycles. The third-order valence-corrected chi connectivity index (χ3v) is 6.31. The first-order valence-electron chi connectivity index (χ1n) is 11.1. The average Bonchev–Trinajstić information content (AvgIpc) is 2.73. The molecule has 1 heterocycles. The summed E-state index contributed by atoms with van der Waals surface area (Å²) in [4.78, 5) is 6.85. The van der Waals surface area contributed by atoms with Crippen LogP contribution >= 0.6 is 12.2 Å². The van der Waals surface area contributed by atoms with Crippen LogP contribution in [-0.4, -0.2) is 58.9 Å². The maximum absolute atomic E-state index is 12.5. The molecular weight excluding hydrogens is 499 g/mol. The Morgan fingerprint density at radius 2 is 1.72 bits per heavy atom. The molecule has 204 valence electrons. The standard InChI is InChI=1S/C23H36F3N5O4S/c1-21(2)12-14(13-22(3,4)29-21)30(5)19(28)9-8-16(27)20-17(32)10-15(11-18(20)33-7)34-35-36-31(6)23(24,25)26/h8-11,14,29,32H,12-13,27-28H2,1-7H3/b16-8-,19-9+. The molecule has 0 bridgehead atoms. The maximum Gasteiger partial charge on any atom is 0.471 e. The Balaban J connectivity index is 2.18. The Hall–Kier alpha value is -2.48.